The second-order valence-electron chi connectivity index (χ2n) is 6.47. The number of nitrogens with zero attached hydrogens (tertiary/aromatic N) is 1. The van der Waals surface area contributed by atoms with E-state index in [0.717, 1.165) is 50.3 Å². The van der Waals surface area contributed by atoms with Gasteiger partial charge in [-0.05, 0) is 49.6 Å². The molecule has 1 amide bonds. The summed E-state index contributed by atoms with van der Waals surface area (Å²) in [6.45, 7) is 4.21. The van der Waals surface area contributed by atoms with Crippen molar-refractivity contribution in [2.24, 2.45) is 5.92 Å². The van der Waals surface area contributed by atoms with Crippen LogP contribution in [-0.4, -0.2) is 43.6 Å². The van der Waals surface area contributed by atoms with Gasteiger partial charge >= 0.3 is 0 Å². The molecule has 25 heavy (non-hydrogen) atoms. The van der Waals surface area contributed by atoms with Crippen molar-refractivity contribution < 1.29 is 9.53 Å². The Morgan fingerprint density at radius 2 is 1.64 bits per heavy atom. The first-order valence-electron chi connectivity index (χ1n) is 9.06. The van der Waals surface area contributed by atoms with Crippen molar-refractivity contribution in [2.45, 2.75) is 12.8 Å². The van der Waals surface area contributed by atoms with Crippen molar-refractivity contribution in [2.75, 3.05) is 32.8 Å². The average molecular weight is 338 g/mol. The maximum Gasteiger partial charge on any atom is 0.253 e. The van der Waals surface area contributed by atoms with E-state index in [0.29, 0.717) is 12.5 Å². The van der Waals surface area contributed by atoms with Crippen molar-refractivity contribution in [1.29, 1.82) is 0 Å². The number of carbonyl (C=O) groups is 1. The number of rotatable bonds is 7. The van der Waals surface area contributed by atoms with Gasteiger partial charge < -0.3 is 15.0 Å². The zero-order valence-corrected chi connectivity index (χ0v) is 14.6. The number of para-hydroxylation sites is 1. The molecule has 4 nitrogen and oxygen atoms in total. The first kappa shape index (κ1) is 17.5. The second kappa shape index (κ2) is 9.23. The van der Waals surface area contributed by atoms with E-state index in [1.807, 2.05) is 65.6 Å². The molecule has 0 spiro atoms. The van der Waals surface area contributed by atoms with Gasteiger partial charge in [0.2, 0.25) is 0 Å². The fraction of sp³-hybridized carbons (Fsp3) is 0.381. The zero-order chi connectivity index (χ0) is 17.3. The van der Waals surface area contributed by atoms with Crippen LogP contribution in [0.2, 0.25) is 0 Å². The van der Waals surface area contributed by atoms with Crippen LogP contribution in [-0.2, 0) is 0 Å². The van der Waals surface area contributed by atoms with Gasteiger partial charge in [0.25, 0.3) is 5.91 Å². The fourth-order valence-corrected chi connectivity index (χ4v) is 3.17. The molecule has 1 aliphatic rings. The Labute approximate surface area is 149 Å². The zero-order valence-electron chi connectivity index (χ0n) is 14.6. The van der Waals surface area contributed by atoms with Crippen molar-refractivity contribution in [3.63, 3.8) is 0 Å². The molecular weight excluding hydrogens is 312 g/mol. The van der Waals surface area contributed by atoms with Gasteiger partial charge in [0.15, 0.2) is 0 Å². The first-order chi connectivity index (χ1) is 12.3. The molecule has 4 heteroatoms. The van der Waals surface area contributed by atoms with Crippen LogP contribution in [0, 0.1) is 5.92 Å². The number of piperidine rings is 1. The largest absolute Gasteiger partial charge is 0.492 e. The van der Waals surface area contributed by atoms with Crippen LogP contribution >= 0.6 is 0 Å². The molecule has 132 valence electrons. The van der Waals surface area contributed by atoms with E-state index in [-0.39, 0.29) is 5.91 Å². The summed E-state index contributed by atoms with van der Waals surface area (Å²) in [5, 5.41) is 3.47. The quantitative estimate of drug-likeness (QED) is 0.788. The third kappa shape index (κ3) is 5.33. The highest BCUT2D eigenvalue weighted by Gasteiger charge is 2.23. The average Bonchev–Trinajstić information content (AvgIpc) is 2.69. The summed E-state index contributed by atoms with van der Waals surface area (Å²) in [5.74, 6) is 1.71. The number of hydrogen-bond donors (Lipinski definition) is 1. The third-order valence-electron chi connectivity index (χ3n) is 4.65. The third-order valence-corrected chi connectivity index (χ3v) is 4.65. The summed E-state index contributed by atoms with van der Waals surface area (Å²) in [6, 6.07) is 19.4. The summed E-state index contributed by atoms with van der Waals surface area (Å²) in [4.78, 5) is 14.4. The van der Waals surface area contributed by atoms with E-state index in [9.17, 15) is 4.79 Å². The molecule has 2 aromatic rings. The van der Waals surface area contributed by atoms with Crippen LogP contribution in [0.3, 0.4) is 0 Å². The molecule has 1 aliphatic heterocycles. The molecule has 0 aliphatic carbocycles. The van der Waals surface area contributed by atoms with E-state index < -0.39 is 0 Å². The monoisotopic (exact) mass is 338 g/mol. The molecule has 0 atom stereocenters. The lowest BCUT2D eigenvalue weighted by molar-refractivity contribution is 0.0690. The summed E-state index contributed by atoms with van der Waals surface area (Å²) < 4.78 is 5.68. The van der Waals surface area contributed by atoms with Gasteiger partial charge in [-0.1, -0.05) is 36.4 Å². The van der Waals surface area contributed by atoms with E-state index in [1.165, 1.54) is 0 Å². The number of benzene rings is 2. The van der Waals surface area contributed by atoms with Crippen molar-refractivity contribution in [3.8, 4) is 5.75 Å². The normalized spacial score (nSPS) is 15.1. The molecule has 0 radical (unpaired) electrons. The highest BCUT2D eigenvalue weighted by atomic mass is 16.5. The lowest BCUT2D eigenvalue weighted by Gasteiger charge is -2.32. The standard InChI is InChI=1S/C21H26N2O2/c24-21(19-7-3-1-4-8-19)23-14-11-18(12-15-23)17-22-13-16-25-20-9-5-2-6-10-20/h1-10,18,22H,11-17H2. The molecule has 1 heterocycles. The number of likely N-dealkylation sites (tertiary alicyclic amines) is 1. The molecule has 0 aromatic heterocycles. The van der Waals surface area contributed by atoms with Crippen LogP contribution in [0.4, 0.5) is 0 Å². The highest BCUT2D eigenvalue weighted by Crippen LogP contribution is 2.18. The van der Waals surface area contributed by atoms with E-state index >= 15 is 0 Å². The second-order valence-corrected chi connectivity index (χ2v) is 6.47. The molecule has 0 bridgehead atoms. The van der Waals surface area contributed by atoms with Gasteiger partial charge in [-0.3, -0.25) is 4.79 Å². The van der Waals surface area contributed by atoms with Crippen LogP contribution in [0.15, 0.2) is 60.7 Å². The maximum absolute atomic E-state index is 12.4. The highest BCUT2D eigenvalue weighted by molar-refractivity contribution is 5.94. The molecule has 1 saturated heterocycles. The number of amides is 1. The van der Waals surface area contributed by atoms with E-state index in [2.05, 4.69) is 5.32 Å². The molecule has 1 N–H and O–H groups in total. The summed E-state index contributed by atoms with van der Waals surface area (Å²) in [5.41, 5.74) is 0.789. The Morgan fingerprint density at radius 1 is 1.00 bits per heavy atom. The lowest BCUT2D eigenvalue weighted by atomic mass is 9.96. The Kier molecular flexibility index (Phi) is 6.46. The van der Waals surface area contributed by atoms with Gasteiger partial charge in [-0.25, -0.2) is 0 Å². The fourth-order valence-electron chi connectivity index (χ4n) is 3.17. The molecule has 3 rings (SSSR count). The number of ether oxygens (including phenoxy) is 1. The van der Waals surface area contributed by atoms with Gasteiger partial charge in [-0.2, -0.15) is 0 Å². The number of hydrogen-bond acceptors (Lipinski definition) is 3. The molecule has 2 aromatic carbocycles. The Bertz CT molecular complexity index is 637. The van der Waals surface area contributed by atoms with E-state index in [1.54, 1.807) is 0 Å². The summed E-state index contributed by atoms with van der Waals surface area (Å²) >= 11 is 0. The summed E-state index contributed by atoms with van der Waals surface area (Å²) in [7, 11) is 0. The van der Waals surface area contributed by atoms with Gasteiger partial charge in [0, 0.05) is 25.2 Å². The molecular formula is C21H26N2O2. The Balaban J connectivity index is 1.31. The number of carbonyl (C=O) groups excluding carboxylic acids is 1. The number of nitrogens with one attached hydrogen (secondary N) is 1. The molecule has 0 unspecified atom stereocenters. The van der Waals surface area contributed by atoms with Crippen LogP contribution in [0.1, 0.15) is 23.2 Å². The molecule has 1 fully saturated rings. The van der Waals surface area contributed by atoms with Gasteiger partial charge in [-0.15, -0.1) is 0 Å². The minimum atomic E-state index is 0.156. The Morgan fingerprint density at radius 3 is 2.32 bits per heavy atom. The SMILES string of the molecule is O=C(c1ccccc1)N1CCC(CNCCOc2ccccc2)CC1. The minimum absolute atomic E-state index is 0.156. The lowest BCUT2D eigenvalue weighted by Crippen LogP contribution is -2.41. The van der Waals surface area contributed by atoms with Crippen LogP contribution in [0.25, 0.3) is 0 Å². The Hall–Kier alpha value is -2.33. The predicted octanol–water partition coefficient (Wildman–Crippen LogP) is 3.21. The van der Waals surface area contributed by atoms with E-state index in [4.69, 9.17) is 4.74 Å². The van der Waals surface area contributed by atoms with Crippen molar-refractivity contribution in [1.82, 2.24) is 10.2 Å². The summed E-state index contributed by atoms with van der Waals surface area (Å²) in [6.07, 6.45) is 2.12. The van der Waals surface area contributed by atoms with Crippen molar-refractivity contribution in [3.05, 3.63) is 66.2 Å². The predicted molar refractivity (Wildman–Crippen MR) is 99.9 cm³/mol. The molecule has 0 saturated carbocycles. The van der Waals surface area contributed by atoms with Crippen molar-refractivity contribution >= 4 is 5.91 Å². The minimum Gasteiger partial charge on any atom is -0.492 e. The first-order valence-corrected chi connectivity index (χ1v) is 9.06. The maximum atomic E-state index is 12.4. The smallest absolute Gasteiger partial charge is 0.253 e. The van der Waals surface area contributed by atoms with Gasteiger partial charge in [0.1, 0.15) is 12.4 Å². The van der Waals surface area contributed by atoms with Gasteiger partial charge in [0.05, 0.1) is 0 Å². The van der Waals surface area contributed by atoms with Crippen LogP contribution < -0.4 is 10.1 Å². The topological polar surface area (TPSA) is 41.6 Å². The van der Waals surface area contributed by atoms with Crippen LogP contribution in [0.5, 0.6) is 5.75 Å².